The molecule has 47 heavy (non-hydrogen) atoms. The second-order valence-electron chi connectivity index (χ2n) is 12.5. The molecule has 2 aliphatic carbocycles. The molecule has 2 heterocycles. The Morgan fingerprint density at radius 3 is 2.62 bits per heavy atom. The summed E-state index contributed by atoms with van der Waals surface area (Å²) in [5, 5.41) is 4.67. The van der Waals surface area contributed by atoms with Crippen LogP contribution in [0.2, 0.25) is 0 Å². The summed E-state index contributed by atoms with van der Waals surface area (Å²) in [6.45, 7) is 12.8. The number of amides is 2. The summed E-state index contributed by atoms with van der Waals surface area (Å²) in [5.74, 6) is -0.206. The lowest BCUT2D eigenvalue weighted by Crippen LogP contribution is -2.50. The van der Waals surface area contributed by atoms with Crippen LogP contribution < -0.4 is 14.8 Å². The van der Waals surface area contributed by atoms with E-state index in [-0.39, 0.29) is 24.3 Å². The standard InChI is InChI=1S/C36H46N4O6S/c1-7-10-11-12-16-40(5)34(42)27-19-24(18-26(27)32(41)39-36(21-23(36)8-2)35(43)45-9-3)46-30-20-28(33-37-15-17-47-33)38-31-22(4)29(44-6)14-13-25(30)31/h7-8,13-14,20,23-24,26-27H,1-2,9-12,15-19,21H2,3-6H3,(H,39,41)/t23-,24-,26-,27-,36-/m1/s1. The van der Waals surface area contributed by atoms with Gasteiger partial charge >= 0.3 is 5.97 Å². The van der Waals surface area contributed by atoms with Crippen molar-refractivity contribution in [2.24, 2.45) is 22.7 Å². The van der Waals surface area contributed by atoms with E-state index in [1.165, 1.54) is 0 Å². The lowest BCUT2D eigenvalue weighted by Gasteiger charge is -2.26. The van der Waals surface area contributed by atoms with Gasteiger partial charge in [0, 0.05) is 48.8 Å². The maximum atomic E-state index is 14.0. The average Bonchev–Trinajstić information content (AvgIpc) is 3.36. The number of ether oxygens (including phenoxy) is 3. The number of nitrogens with zero attached hydrogens (tertiary/aromatic N) is 3. The Balaban J connectivity index is 1.44. The smallest absolute Gasteiger partial charge is 0.332 e. The number of pyridine rings is 1. The van der Waals surface area contributed by atoms with Crippen LogP contribution in [0.25, 0.3) is 10.9 Å². The highest BCUT2D eigenvalue weighted by molar-refractivity contribution is 8.14. The topological polar surface area (TPSA) is 119 Å². The van der Waals surface area contributed by atoms with Crippen molar-refractivity contribution in [2.45, 2.75) is 64.0 Å². The molecule has 1 N–H and O–H groups in total. The molecule has 1 aromatic carbocycles. The van der Waals surface area contributed by atoms with Crippen LogP contribution in [0.3, 0.4) is 0 Å². The molecule has 0 radical (unpaired) electrons. The van der Waals surface area contributed by atoms with E-state index < -0.39 is 29.4 Å². The summed E-state index contributed by atoms with van der Waals surface area (Å²) in [5.41, 5.74) is 1.23. The van der Waals surface area contributed by atoms with Crippen molar-refractivity contribution in [1.29, 1.82) is 0 Å². The maximum Gasteiger partial charge on any atom is 0.332 e. The van der Waals surface area contributed by atoms with Gasteiger partial charge in [-0.1, -0.05) is 12.2 Å². The number of fused-ring (bicyclic) bond motifs is 1. The van der Waals surface area contributed by atoms with E-state index in [0.717, 1.165) is 64.5 Å². The van der Waals surface area contributed by atoms with Gasteiger partial charge in [-0.3, -0.25) is 14.6 Å². The van der Waals surface area contributed by atoms with Crippen LogP contribution in [0.15, 0.2) is 48.5 Å². The predicted octanol–water partition coefficient (Wildman–Crippen LogP) is 5.26. The zero-order valence-electron chi connectivity index (χ0n) is 27.9. The summed E-state index contributed by atoms with van der Waals surface area (Å²) in [4.78, 5) is 52.2. The zero-order chi connectivity index (χ0) is 33.7. The van der Waals surface area contributed by atoms with E-state index in [1.807, 2.05) is 31.2 Å². The number of carbonyl (C=O) groups is 3. The van der Waals surface area contributed by atoms with Crippen molar-refractivity contribution in [3.8, 4) is 11.5 Å². The minimum atomic E-state index is -1.15. The first kappa shape index (κ1) is 34.5. The number of carbonyl (C=O) groups excluding carboxylic acids is 3. The van der Waals surface area contributed by atoms with E-state index in [0.29, 0.717) is 31.6 Å². The molecular formula is C36H46N4O6S. The van der Waals surface area contributed by atoms with Crippen molar-refractivity contribution in [3.63, 3.8) is 0 Å². The van der Waals surface area contributed by atoms with Gasteiger partial charge in [-0.25, -0.2) is 9.78 Å². The molecular weight excluding hydrogens is 616 g/mol. The van der Waals surface area contributed by atoms with Crippen LogP contribution in [0.4, 0.5) is 0 Å². The van der Waals surface area contributed by atoms with Crippen molar-refractivity contribution in [1.82, 2.24) is 15.2 Å². The molecule has 3 aliphatic rings. The van der Waals surface area contributed by atoms with Gasteiger partial charge in [0.1, 0.15) is 28.2 Å². The van der Waals surface area contributed by atoms with E-state index in [2.05, 4.69) is 23.5 Å². The number of unbranched alkanes of at least 4 members (excludes halogenated alkanes) is 2. The number of rotatable bonds is 15. The van der Waals surface area contributed by atoms with Gasteiger partial charge in [-0.2, -0.15) is 0 Å². The van der Waals surface area contributed by atoms with E-state index >= 15 is 0 Å². The second kappa shape index (κ2) is 14.9. The molecule has 2 aromatic rings. The van der Waals surface area contributed by atoms with Crippen LogP contribution >= 0.6 is 11.8 Å². The third-order valence-electron chi connectivity index (χ3n) is 9.45. The molecule has 5 rings (SSSR count). The lowest BCUT2D eigenvalue weighted by atomic mass is 9.93. The highest BCUT2D eigenvalue weighted by Crippen LogP contribution is 2.47. The number of hydrogen-bond donors (Lipinski definition) is 1. The molecule has 1 aromatic heterocycles. The summed E-state index contributed by atoms with van der Waals surface area (Å²) in [6, 6.07) is 5.74. The van der Waals surface area contributed by atoms with Gasteiger partial charge in [0.05, 0.1) is 36.8 Å². The maximum absolute atomic E-state index is 14.0. The fraction of sp³-hybridized carbons (Fsp3) is 0.528. The number of nitrogens with one attached hydrogen (secondary N) is 1. The van der Waals surface area contributed by atoms with Gasteiger partial charge in [0.15, 0.2) is 0 Å². The van der Waals surface area contributed by atoms with Crippen molar-refractivity contribution >= 4 is 45.5 Å². The number of benzene rings is 1. The van der Waals surface area contributed by atoms with Gasteiger partial charge < -0.3 is 24.4 Å². The Morgan fingerprint density at radius 2 is 1.96 bits per heavy atom. The Bertz CT molecular complexity index is 1580. The first-order valence-electron chi connectivity index (χ1n) is 16.5. The second-order valence-corrected chi connectivity index (χ2v) is 13.6. The SMILES string of the molecule is C=CCCCCN(C)C(=O)[C@@H]1C[C@H](Oc2cc(C3=NCCS3)nc3c(C)c(OC)ccc23)C[C@H]1C(=O)N[C@]1(C(=O)OCC)C[C@H]1C=C. The molecule has 5 atom stereocenters. The highest BCUT2D eigenvalue weighted by atomic mass is 32.2. The molecule has 11 heteroatoms. The fourth-order valence-electron chi connectivity index (χ4n) is 6.73. The molecule has 10 nitrogen and oxygen atoms in total. The number of aryl methyl sites for hydroxylation is 1. The number of allylic oxidation sites excluding steroid dienone is 1. The third kappa shape index (κ3) is 7.20. The summed E-state index contributed by atoms with van der Waals surface area (Å²) in [6.07, 6.45) is 6.85. The summed E-state index contributed by atoms with van der Waals surface area (Å²) in [7, 11) is 3.42. The molecule has 0 unspecified atom stereocenters. The fourth-order valence-corrected chi connectivity index (χ4v) is 7.54. The van der Waals surface area contributed by atoms with Gasteiger partial charge in [0.2, 0.25) is 11.8 Å². The minimum Gasteiger partial charge on any atom is -0.496 e. The minimum absolute atomic E-state index is 0.103. The monoisotopic (exact) mass is 662 g/mol. The normalized spacial score (nSPS) is 24.7. The Kier molecular flexibility index (Phi) is 10.9. The molecule has 0 spiro atoms. The lowest BCUT2D eigenvalue weighted by molar-refractivity contribution is -0.150. The zero-order valence-corrected chi connectivity index (χ0v) is 28.7. The van der Waals surface area contributed by atoms with Crippen LogP contribution in [-0.2, 0) is 19.1 Å². The largest absolute Gasteiger partial charge is 0.496 e. The Morgan fingerprint density at radius 1 is 1.17 bits per heavy atom. The molecule has 252 valence electrons. The molecule has 2 saturated carbocycles. The number of methoxy groups -OCH3 is 1. The summed E-state index contributed by atoms with van der Waals surface area (Å²) < 4.78 is 17.6. The Hall–Kier alpha value is -3.86. The molecule has 0 saturated heterocycles. The van der Waals surface area contributed by atoms with Crippen molar-refractivity contribution in [2.75, 3.05) is 39.6 Å². The number of esters is 1. The van der Waals surface area contributed by atoms with Crippen LogP contribution in [0, 0.1) is 24.7 Å². The van der Waals surface area contributed by atoms with Gasteiger partial charge in [0.25, 0.3) is 0 Å². The van der Waals surface area contributed by atoms with E-state index in [4.69, 9.17) is 19.2 Å². The average molecular weight is 663 g/mol. The molecule has 2 fully saturated rings. The number of thioether (sulfide) groups is 1. The van der Waals surface area contributed by atoms with Crippen molar-refractivity contribution in [3.05, 3.63) is 54.8 Å². The third-order valence-corrected chi connectivity index (χ3v) is 10.4. The molecule has 2 amide bonds. The molecule has 0 bridgehead atoms. The Labute approximate surface area is 281 Å². The predicted molar refractivity (Wildman–Crippen MR) is 185 cm³/mol. The number of aliphatic imine (C=N–C) groups is 1. The first-order chi connectivity index (χ1) is 22.7. The van der Waals surface area contributed by atoms with E-state index in [9.17, 15) is 14.4 Å². The van der Waals surface area contributed by atoms with Crippen LogP contribution in [0.1, 0.15) is 56.7 Å². The van der Waals surface area contributed by atoms with Crippen LogP contribution in [0.5, 0.6) is 11.5 Å². The quantitative estimate of drug-likeness (QED) is 0.156. The highest BCUT2D eigenvalue weighted by Gasteiger charge is 2.62. The van der Waals surface area contributed by atoms with Crippen LogP contribution in [-0.4, -0.2) is 84.0 Å². The number of aromatic nitrogens is 1. The van der Waals surface area contributed by atoms with Crippen molar-refractivity contribution < 1.29 is 28.6 Å². The van der Waals surface area contributed by atoms with Gasteiger partial charge in [-0.15, -0.1) is 24.9 Å². The summed E-state index contributed by atoms with van der Waals surface area (Å²) >= 11 is 1.66. The van der Waals surface area contributed by atoms with Gasteiger partial charge in [-0.05, 0) is 64.5 Å². The first-order valence-corrected chi connectivity index (χ1v) is 17.5. The molecule has 1 aliphatic heterocycles. The number of hydrogen-bond acceptors (Lipinski definition) is 9. The van der Waals surface area contributed by atoms with E-state index in [1.54, 1.807) is 43.8 Å².